The van der Waals surface area contributed by atoms with Gasteiger partial charge in [0, 0.05) is 17.6 Å². The maximum Gasteiger partial charge on any atom is 0.416 e. The molecule has 0 spiro atoms. The summed E-state index contributed by atoms with van der Waals surface area (Å²) in [5.74, 6) is 0.174. The van der Waals surface area contributed by atoms with E-state index in [1.54, 1.807) is 13.2 Å². The molecule has 0 heterocycles. The molecule has 0 fully saturated rings. The van der Waals surface area contributed by atoms with E-state index in [0.29, 0.717) is 17.7 Å². The molecule has 0 aromatic heterocycles. The molecule has 2 aliphatic rings. The van der Waals surface area contributed by atoms with Crippen molar-refractivity contribution in [1.29, 1.82) is 0 Å². The van der Waals surface area contributed by atoms with Gasteiger partial charge < -0.3 is 14.8 Å². The van der Waals surface area contributed by atoms with Crippen LogP contribution in [0.15, 0.2) is 99.7 Å². The summed E-state index contributed by atoms with van der Waals surface area (Å²) < 4.78 is 64.9. The number of halogens is 4. The first-order valence-electron chi connectivity index (χ1n) is 13.3. The van der Waals surface area contributed by atoms with Crippen molar-refractivity contribution in [1.82, 2.24) is 5.32 Å². The molecule has 1 atom stereocenters. The highest BCUT2D eigenvalue weighted by molar-refractivity contribution is 5.78. The van der Waals surface area contributed by atoms with Crippen molar-refractivity contribution in [3.63, 3.8) is 0 Å². The van der Waals surface area contributed by atoms with Crippen molar-refractivity contribution in [2.45, 2.75) is 38.8 Å². The third-order valence-corrected chi connectivity index (χ3v) is 6.62. The van der Waals surface area contributed by atoms with Gasteiger partial charge in [-0.1, -0.05) is 43.7 Å². The van der Waals surface area contributed by atoms with E-state index >= 15 is 0 Å². The van der Waals surface area contributed by atoms with Gasteiger partial charge in [0.15, 0.2) is 11.6 Å². The number of rotatable bonds is 11. The number of alkyl halides is 3. The van der Waals surface area contributed by atoms with Gasteiger partial charge in [-0.3, -0.25) is 4.79 Å². The highest BCUT2D eigenvalue weighted by Crippen LogP contribution is 2.38. The molecule has 0 aliphatic heterocycles. The minimum atomic E-state index is -4.41. The lowest BCUT2D eigenvalue weighted by atomic mass is 9.83. The Morgan fingerprint density at radius 2 is 1.98 bits per heavy atom. The van der Waals surface area contributed by atoms with Gasteiger partial charge in [0.25, 0.3) is 5.91 Å². The molecule has 41 heavy (non-hydrogen) atoms. The Hall–Kier alpha value is -4.05. The van der Waals surface area contributed by atoms with Crippen LogP contribution in [0.5, 0.6) is 5.75 Å². The lowest BCUT2D eigenvalue weighted by Crippen LogP contribution is -2.23. The van der Waals surface area contributed by atoms with Crippen LogP contribution in [0.25, 0.3) is 0 Å². The van der Waals surface area contributed by atoms with Crippen LogP contribution in [0.1, 0.15) is 37.3 Å². The first kappa shape index (κ1) is 29.9. The smallest absolute Gasteiger partial charge is 0.416 e. The number of ether oxygens (including phenoxy) is 2. The lowest BCUT2D eigenvalue weighted by molar-refractivity contribution is -0.137. The van der Waals surface area contributed by atoms with E-state index in [4.69, 9.17) is 9.47 Å². The number of allylic oxidation sites excluding steroid dienone is 6. The van der Waals surface area contributed by atoms with Crippen LogP contribution in [0.3, 0.4) is 0 Å². The number of hydrogen-bond donors (Lipinski definition) is 1. The summed E-state index contributed by atoms with van der Waals surface area (Å²) in [5, 5.41) is 10.2. The summed E-state index contributed by atoms with van der Waals surface area (Å²) in [7, 11) is 1.63. The van der Waals surface area contributed by atoms with Gasteiger partial charge in [0.05, 0.1) is 24.9 Å². The zero-order valence-electron chi connectivity index (χ0n) is 22.8. The van der Waals surface area contributed by atoms with E-state index in [1.165, 1.54) is 18.2 Å². The Bertz CT molecular complexity index is 1420. The molecule has 216 valence electrons. The zero-order valence-corrected chi connectivity index (χ0v) is 22.8. The summed E-state index contributed by atoms with van der Waals surface area (Å²) in [6.45, 7) is 2.22. The Labute approximate surface area is 236 Å². The zero-order chi connectivity index (χ0) is 29.4. The fraction of sp³-hybridized carbons (Fsp3) is 0.323. The normalized spacial score (nSPS) is 16.9. The van der Waals surface area contributed by atoms with Gasteiger partial charge in [0.2, 0.25) is 0 Å². The number of azo groups is 1. The number of carbonyl (C=O) groups is 1. The Kier molecular flexibility index (Phi) is 9.88. The standard InChI is InChI=1S/C31H31F4N3O3/c1-3-6-22-16-21-8-5-10-27(25(21)18-29(22)40-2)41-28-12-11-24(17-26(28)32)37-38-30(39)19-36-14-13-20-7-4-9-23(15-20)31(33,34)35/h4-5,7,9-12,15-18,21,36H,3,6,8,13-14,19H2,1-2H3. The van der Waals surface area contributed by atoms with Gasteiger partial charge in [0.1, 0.15) is 11.5 Å². The van der Waals surface area contributed by atoms with E-state index in [0.717, 1.165) is 54.4 Å². The number of hydrogen-bond acceptors (Lipinski definition) is 5. The second-order valence-corrected chi connectivity index (χ2v) is 9.65. The molecule has 2 aromatic rings. The molecule has 1 N–H and O–H groups in total. The minimum Gasteiger partial charge on any atom is -0.496 e. The number of carbonyl (C=O) groups excluding carboxylic acids is 1. The molecule has 2 aliphatic carbocycles. The Balaban J connectivity index is 1.32. The molecular formula is C31H31F4N3O3. The van der Waals surface area contributed by atoms with Crippen molar-refractivity contribution in [2.75, 3.05) is 20.2 Å². The van der Waals surface area contributed by atoms with E-state index in [2.05, 4.69) is 28.5 Å². The number of nitrogens with zero attached hydrogens (tertiary/aromatic N) is 2. The molecule has 10 heteroatoms. The first-order valence-corrected chi connectivity index (χ1v) is 13.3. The van der Waals surface area contributed by atoms with E-state index < -0.39 is 23.5 Å². The fourth-order valence-corrected chi connectivity index (χ4v) is 4.61. The van der Waals surface area contributed by atoms with E-state index in [-0.39, 0.29) is 30.4 Å². The molecule has 0 saturated carbocycles. The van der Waals surface area contributed by atoms with Crippen molar-refractivity contribution >= 4 is 11.6 Å². The molecule has 0 saturated heterocycles. The van der Waals surface area contributed by atoms with Crippen LogP contribution < -0.4 is 10.1 Å². The van der Waals surface area contributed by atoms with E-state index in [9.17, 15) is 22.4 Å². The molecular weight excluding hydrogens is 538 g/mol. The van der Waals surface area contributed by atoms with Crippen LogP contribution in [0.2, 0.25) is 0 Å². The lowest BCUT2D eigenvalue weighted by Gasteiger charge is -2.27. The number of methoxy groups -OCH3 is 1. The third-order valence-electron chi connectivity index (χ3n) is 6.62. The van der Waals surface area contributed by atoms with Gasteiger partial charge in [-0.15, -0.1) is 10.2 Å². The van der Waals surface area contributed by atoms with Gasteiger partial charge in [-0.2, -0.15) is 13.2 Å². The minimum absolute atomic E-state index is 0.00929. The van der Waals surface area contributed by atoms with Gasteiger partial charge >= 0.3 is 6.18 Å². The summed E-state index contributed by atoms with van der Waals surface area (Å²) >= 11 is 0. The number of benzene rings is 2. The molecule has 4 rings (SSSR count). The van der Waals surface area contributed by atoms with Crippen LogP contribution in [-0.2, 0) is 22.1 Å². The summed E-state index contributed by atoms with van der Waals surface area (Å²) in [6.07, 6.45) is 6.57. The number of fused-ring (bicyclic) bond motifs is 1. The van der Waals surface area contributed by atoms with Gasteiger partial charge in [-0.25, -0.2) is 4.39 Å². The monoisotopic (exact) mass is 569 g/mol. The van der Waals surface area contributed by atoms with Crippen LogP contribution in [0, 0.1) is 11.7 Å². The van der Waals surface area contributed by atoms with E-state index in [1.807, 2.05) is 18.2 Å². The molecule has 0 radical (unpaired) electrons. The highest BCUT2D eigenvalue weighted by Gasteiger charge is 2.30. The second-order valence-electron chi connectivity index (χ2n) is 9.65. The van der Waals surface area contributed by atoms with Crippen molar-refractivity contribution in [2.24, 2.45) is 16.1 Å². The quantitative estimate of drug-likeness (QED) is 0.171. The maximum absolute atomic E-state index is 14.9. The molecule has 2 aromatic carbocycles. The number of amides is 1. The Morgan fingerprint density at radius 1 is 1.15 bits per heavy atom. The second kappa shape index (κ2) is 13.5. The van der Waals surface area contributed by atoms with Crippen LogP contribution >= 0.6 is 0 Å². The summed E-state index contributed by atoms with van der Waals surface area (Å²) in [4.78, 5) is 12.1. The van der Waals surface area contributed by atoms with Crippen LogP contribution in [0.4, 0.5) is 23.2 Å². The SMILES string of the molecule is CCCC1=CC2CC=CC(Oc3ccc(N=NC(=O)CNCCc4cccc(C(F)(F)F)c4)cc3F)=C2C=C1OC. The molecule has 1 unspecified atom stereocenters. The maximum atomic E-state index is 14.9. The predicted molar refractivity (Wildman–Crippen MR) is 147 cm³/mol. The van der Waals surface area contributed by atoms with Crippen molar-refractivity contribution < 1.29 is 31.8 Å². The largest absolute Gasteiger partial charge is 0.496 e. The topological polar surface area (TPSA) is 72.3 Å². The average molecular weight is 570 g/mol. The summed E-state index contributed by atoms with van der Waals surface area (Å²) in [6, 6.07) is 9.06. The molecule has 0 bridgehead atoms. The van der Waals surface area contributed by atoms with Crippen molar-refractivity contribution in [3.05, 3.63) is 106 Å². The predicted octanol–water partition coefficient (Wildman–Crippen LogP) is 7.77. The Morgan fingerprint density at radius 3 is 2.71 bits per heavy atom. The molecule has 1 amide bonds. The first-order chi connectivity index (χ1) is 19.7. The third kappa shape index (κ3) is 8.00. The number of nitrogens with one attached hydrogen (secondary N) is 1. The van der Waals surface area contributed by atoms with Crippen LogP contribution in [-0.4, -0.2) is 26.1 Å². The molecule has 6 nitrogen and oxygen atoms in total. The van der Waals surface area contributed by atoms with Crippen molar-refractivity contribution in [3.8, 4) is 5.75 Å². The summed E-state index contributed by atoms with van der Waals surface area (Å²) in [5.41, 5.74) is 1.97. The fourth-order valence-electron chi connectivity index (χ4n) is 4.61. The highest BCUT2D eigenvalue weighted by atomic mass is 19.4. The van der Waals surface area contributed by atoms with Gasteiger partial charge in [-0.05, 0) is 67.3 Å². The average Bonchev–Trinajstić information content (AvgIpc) is 2.95.